The summed E-state index contributed by atoms with van der Waals surface area (Å²) in [5, 5.41) is 0. The number of hydrogen-bond donors (Lipinski definition) is 1. The summed E-state index contributed by atoms with van der Waals surface area (Å²) >= 11 is 0. The lowest BCUT2D eigenvalue weighted by atomic mass is 10.1. The molecule has 0 heterocycles. The molecule has 0 saturated heterocycles. The third-order valence-electron chi connectivity index (χ3n) is 2.21. The molecule has 17 heavy (non-hydrogen) atoms. The molecule has 1 aromatic carbocycles. The fourth-order valence-corrected chi connectivity index (χ4v) is 1.59. The maximum absolute atomic E-state index is 5.92. The third kappa shape index (κ3) is 4.27. The van der Waals surface area contributed by atoms with E-state index in [1.807, 2.05) is 52.8 Å². The zero-order valence-electron chi connectivity index (χ0n) is 11.4. The Balaban J connectivity index is 3.01. The van der Waals surface area contributed by atoms with E-state index < -0.39 is 0 Å². The van der Waals surface area contributed by atoms with E-state index in [1.54, 1.807) is 0 Å². The molecule has 0 saturated carbocycles. The molecule has 3 nitrogen and oxygen atoms in total. The fourth-order valence-electron chi connectivity index (χ4n) is 1.59. The van der Waals surface area contributed by atoms with Gasteiger partial charge in [0, 0.05) is 17.7 Å². The summed E-state index contributed by atoms with van der Waals surface area (Å²) in [7, 11) is 0. The van der Waals surface area contributed by atoms with Gasteiger partial charge < -0.3 is 15.2 Å². The second-order valence-corrected chi connectivity index (χ2v) is 4.82. The Hall–Kier alpha value is -1.22. The molecule has 1 atom stereocenters. The average Bonchev–Trinajstić information content (AvgIpc) is 2.15. The minimum Gasteiger partial charge on any atom is -0.491 e. The van der Waals surface area contributed by atoms with Gasteiger partial charge in [0.25, 0.3) is 0 Å². The first-order valence-corrected chi connectivity index (χ1v) is 6.13. The Morgan fingerprint density at radius 2 is 1.53 bits per heavy atom. The highest BCUT2D eigenvalue weighted by Gasteiger charge is 2.11. The van der Waals surface area contributed by atoms with E-state index in [4.69, 9.17) is 15.2 Å². The molecule has 0 aliphatic heterocycles. The number of rotatable bonds is 5. The summed E-state index contributed by atoms with van der Waals surface area (Å²) < 4.78 is 11.4. The molecule has 96 valence electrons. The maximum Gasteiger partial charge on any atom is 0.128 e. The van der Waals surface area contributed by atoms with Gasteiger partial charge in [0.05, 0.1) is 12.2 Å². The van der Waals surface area contributed by atoms with E-state index in [0.29, 0.717) is 0 Å². The SMILES string of the molecule is CC(C)Oc1ccc(C(C)N)c(OC(C)C)c1. The molecule has 2 N–H and O–H groups in total. The Bertz CT molecular complexity index is 359. The molecule has 1 aromatic rings. The lowest BCUT2D eigenvalue weighted by Gasteiger charge is -2.18. The van der Waals surface area contributed by atoms with Crippen molar-refractivity contribution in [1.82, 2.24) is 0 Å². The number of ether oxygens (including phenoxy) is 2. The van der Waals surface area contributed by atoms with Crippen molar-refractivity contribution in [2.75, 3.05) is 0 Å². The van der Waals surface area contributed by atoms with Crippen LogP contribution in [0.3, 0.4) is 0 Å². The summed E-state index contributed by atoms with van der Waals surface area (Å²) in [6, 6.07) is 5.78. The maximum atomic E-state index is 5.92. The van der Waals surface area contributed by atoms with E-state index in [2.05, 4.69) is 0 Å². The van der Waals surface area contributed by atoms with Crippen LogP contribution in [0.1, 0.15) is 46.2 Å². The van der Waals surface area contributed by atoms with Crippen LogP contribution in [0.15, 0.2) is 18.2 Å². The first kappa shape index (κ1) is 13.8. The molecule has 0 aliphatic rings. The van der Waals surface area contributed by atoms with Crippen molar-refractivity contribution in [3.8, 4) is 11.5 Å². The molecule has 0 spiro atoms. The van der Waals surface area contributed by atoms with E-state index in [1.165, 1.54) is 0 Å². The molecular weight excluding hydrogens is 214 g/mol. The van der Waals surface area contributed by atoms with Crippen LogP contribution in [-0.2, 0) is 0 Å². The van der Waals surface area contributed by atoms with Gasteiger partial charge in [-0.05, 0) is 40.7 Å². The van der Waals surface area contributed by atoms with Gasteiger partial charge in [-0.15, -0.1) is 0 Å². The molecule has 0 aromatic heterocycles. The van der Waals surface area contributed by atoms with E-state index in [0.717, 1.165) is 17.1 Å². The Morgan fingerprint density at radius 3 is 2.00 bits per heavy atom. The van der Waals surface area contributed by atoms with Crippen molar-refractivity contribution in [3.05, 3.63) is 23.8 Å². The molecule has 0 amide bonds. The molecule has 1 unspecified atom stereocenters. The molecule has 0 radical (unpaired) electrons. The zero-order chi connectivity index (χ0) is 13.0. The second kappa shape index (κ2) is 5.92. The van der Waals surface area contributed by atoms with Gasteiger partial charge >= 0.3 is 0 Å². The predicted octanol–water partition coefficient (Wildman–Crippen LogP) is 3.28. The van der Waals surface area contributed by atoms with Gasteiger partial charge in [0.2, 0.25) is 0 Å². The van der Waals surface area contributed by atoms with E-state index in [-0.39, 0.29) is 18.2 Å². The Labute approximate surface area is 104 Å². The van der Waals surface area contributed by atoms with Crippen LogP contribution in [0.2, 0.25) is 0 Å². The smallest absolute Gasteiger partial charge is 0.128 e. The van der Waals surface area contributed by atoms with Crippen LogP contribution in [0.4, 0.5) is 0 Å². The summed E-state index contributed by atoms with van der Waals surface area (Å²) in [6.07, 6.45) is 0.282. The quantitative estimate of drug-likeness (QED) is 0.854. The zero-order valence-corrected chi connectivity index (χ0v) is 11.4. The van der Waals surface area contributed by atoms with Crippen LogP contribution < -0.4 is 15.2 Å². The van der Waals surface area contributed by atoms with Crippen LogP contribution in [0.25, 0.3) is 0 Å². The highest BCUT2D eigenvalue weighted by atomic mass is 16.5. The van der Waals surface area contributed by atoms with E-state index >= 15 is 0 Å². The monoisotopic (exact) mass is 237 g/mol. The van der Waals surface area contributed by atoms with Crippen molar-refractivity contribution < 1.29 is 9.47 Å². The highest BCUT2D eigenvalue weighted by molar-refractivity contribution is 5.42. The van der Waals surface area contributed by atoms with Crippen molar-refractivity contribution in [2.45, 2.75) is 52.9 Å². The van der Waals surface area contributed by atoms with Crippen molar-refractivity contribution in [3.63, 3.8) is 0 Å². The van der Waals surface area contributed by atoms with Crippen LogP contribution in [0.5, 0.6) is 11.5 Å². The summed E-state index contributed by atoms with van der Waals surface area (Å²) in [4.78, 5) is 0. The molecule has 1 rings (SSSR count). The molecule has 0 fully saturated rings. The molecule has 0 aliphatic carbocycles. The van der Waals surface area contributed by atoms with Gasteiger partial charge in [-0.25, -0.2) is 0 Å². The standard InChI is InChI=1S/C14H23NO2/c1-9(2)16-12-6-7-13(11(5)15)14(8-12)17-10(3)4/h6-11H,15H2,1-5H3. The third-order valence-corrected chi connectivity index (χ3v) is 2.21. The van der Waals surface area contributed by atoms with Crippen LogP contribution in [-0.4, -0.2) is 12.2 Å². The van der Waals surface area contributed by atoms with Crippen molar-refractivity contribution in [1.29, 1.82) is 0 Å². The molecule has 0 bridgehead atoms. The number of benzene rings is 1. The second-order valence-electron chi connectivity index (χ2n) is 4.82. The van der Waals surface area contributed by atoms with Gasteiger partial charge in [0.1, 0.15) is 11.5 Å². The van der Waals surface area contributed by atoms with Crippen molar-refractivity contribution in [2.24, 2.45) is 5.73 Å². The average molecular weight is 237 g/mol. The molecule has 3 heteroatoms. The Kier molecular flexibility index (Phi) is 4.82. The largest absolute Gasteiger partial charge is 0.491 e. The lowest BCUT2D eigenvalue weighted by molar-refractivity contribution is 0.227. The summed E-state index contributed by atoms with van der Waals surface area (Å²) in [5.74, 6) is 1.63. The van der Waals surface area contributed by atoms with Crippen LogP contribution >= 0.6 is 0 Å². The van der Waals surface area contributed by atoms with Crippen molar-refractivity contribution >= 4 is 0 Å². The summed E-state index contributed by atoms with van der Waals surface area (Å²) in [6.45, 7) is 9.96. The Morgan fingerprint density at radius 1 is 0.941 bits per heavy atom. The minimum absolute atomic E-state index is 0.0446. The first-order valence-electron chi connectivity index (χ1n) is 6.13. The topological polar surface area (TPSA) is 44.5 Å². The lowest BCUT2D eigenvalue weighted by Crippen LogP contribution is -2.13. The minimum atomic E-state index is -0.0446. The van der Waals surface area contributed by atoms with Gasteiger partial charge in [-0.3, -0.25) is 0 Å². The van der Waals surface area contributed by atoms with Crippen LogP contribution in [0, 0.1) is 0 Å². The highest BCUT2D eigenvalue weighted by Crippen LogP contribution is 2.29. The first-order chi connectivity index (χ1) is 7.90. The van der Waals surface area contributed by atoms with Gasteiger partial charge in [0.15, 0.2) is 0 Å². The number of hydrogen-bond acceptors (Lipinski definition) is 3. The summed E-state index contributed by atoms with van der Waals surface area (Å²) in [5.41, 5.74) is 6.93. The van der Waals surface area contributed by atoms with Gasteiger partial charge in [-0.1, -0.05) is 6.07 Å². The number of nitrogens with two attached hydrogens (primary N) is 1. The molecular formula is C14H23NO2. The normalized spacial score (nSPS) is 12.9. The van der Waals surface area contributed by atoms with Gasteiger partial charge in [-0.2, -0.15) is 0 Å². The van der Waals surface area contributed by atoms with E-state index in [9.17, 15) is 0 Å². The fraction of sp³-hybridized carbons (Fsp3) is 0.571. The predicted molar refractivity (Wildman–Crippen MR) is 70.6 cm³/mol.